The fourth-order valence-corrected chi connectivity index (χ4v) is 3.39. The van der Waals surface area contributed by atoms with Gasteiger partial charge in [-0.1, -0.05) is 42.5 Å². The van der Waals surface area contributed by atoms with Crippen molar-refractivity contribution in [1.82, 2.24) is 0 Å². The average Bonchev–Trinajstić information content (AvgIpc) is 3.11. The van der Waals surface area contributed by atoms with Crippen LogP contribution < -0.4 is 4.74 Å². The topological polar surface area (TPSA) is 26.3 Å². The molecular formula is C20H14O2S. The van der Waals surface area contributed by atoms with Crippen molar-refractivity contribution in [2.75, 3.05) is 0 Å². The molecule has 0 fully saturated rings. The van der Waals surface area contributed by atoms with E-state index in [1.54, 1.807) is 11.3 Å². The summed E-state index contributed by atoms with van der Waals surface area (Å²) in [6.07, 6.45) is 1.56. The molecule has 2 heterocycles. The van der Waals surface area contributed by atoms with Crippen molar-refractivity contribution >= 4 is 23.2 Å². The largest absolute Gasteiger partial charge is 0.480 e. The third-order valence-corrected chi connectivity index (χ3v) is 4.59. The third-order valence-electron chi connectivity index (χ3n) is 3.89. The first-order chi connectivity index (χ1) is 11.3. The molecule has 23 heavy (non-hydrogen) atoms. The number of Topliss-reactive ketones (excluding diaryl/α,β-unsaturated/α-hetero) is 1. The van der Waals surface area contributed by atoms with Crippen molar-refractivity contribution in [3.05, 3.63) is 93.7 Å². The second kappa shape index (κ2) is 5.86. The lowest BCUT2D eigenvalue weighted by Gasteiger charge is -2.28. The summed E-state index contributed by atoms with van der Waals surface area (Å²) in [4.78, 5) is 13.0. The van der Waals surface area contributed by atoms with E-state index in [1.165, 1.54) is 0 Å². The quantitative estimate of drug-likeness (QED) is 0.611. The first-order valence-electron chi connectivity index (χ1n) is 7.42. The van der Waals surface area contributed by atoms with Gasteiger partial charge < -0.3 is 4.74 Å². The van der Waals surface area contributed by atoms with Crippen molar-refractivity contribution in [3.63, 3.8) is 0 Å². The summed E-state index contributed by atoms with van der Waals surface area (Å²) in [6, 6.07) is 19.3. The Bertz CT molecular complexity index is 864. The lowest BCUT2D eigenvalue weighted by Crippen LogP contribution is -2.23. The van der Waals surface area contributed by atoms with Crippen LogP contribution >= 0.6 is 11.3 Å². The second-order valence-corrected chi connectivity index (χ2v) is 6.17. The van der Waals surface area contributed by atoms with Crippen LogP contribution in [0.3, 0.4) is 0 Å². The Kier molecular flexibility index (Phi) is 3.56. The van der Waals surface area contributed by atoms with E-state index in [9.17, 15) is 4.79 Å². The van der Waals surface area contributed by atoms with Crippen LogP contribution in [0.2, 0.25) is 0 Å². The lowest BCUT2D eigenvalue weighted by atomic mass is 9.90. The molecule has 1 atom stereocenters. The van der Waals surface area contributed by atoms with E-state index in [2.05, 4.69) is 0 Å². The van der Waals surface area contributed by atoms with Gasteiger partial charge >= 0.3 is 0 Å². The van der Waals surface area contributed by atoms with Crippen molar-refractivity contribution in [3.8, 4) is 5.75 Å². The van der Waals surface area contributed by atoms with Crippen molar-refractivity contribution in [2.24, 2.45) is 0 Å². The smallest absolute Gasteiger partial charge is 0.196 e. The zero-order valence-corrected chi connectivity index (χ0v) is 13.1. The number of hydrogen-bond acceptors (Lipinski definition) is 3. The highest BCUT2D eigenvalue weighted by molar-refractivity contribution is 7.08. The molecule has 3 aromatic rings. The van der Waals surface area contributed by atoms with Crippen LogP contribution in [0.1, 0.15) is 27.6 Å². The summed E-state index contributed by atoms with van der Waals surface area (Å²) in [6.45, 7) is 0. The van der Waals surface area contributed by atoms with Gasteiger partial charge in [0.05, 0.1) is 5.56 Å². The van der Waals surface area contributed by atoms with Crippen LogP contribution in [0.15, 0.2) is 77.0 Å². The molecule has 2 aromatic carbocycles. The molecule has 112 valence electrons. The Morgan fingerprint density at radius 1 is 0.957 bits per heavy atom. The Labute approximate surface area is 138 Å². The predicted octanol–water partition coefficient (Wildman–Crippen LogP) is 5.15. The van der Waals surface area contributed by atoms with Gasteiger partial charge in [-0.05, 0) is 46.2 Å². The number of thiophene rings is 1. The number of carbonyl (C=O) groups is 1. The van der Waals surface area contributed by atoms with Gasteiger partial charge in [0.2, 0.25) is 0 Å². The van der Waals surface area contributed by atoms with Crippen molar-refractivity contribution in [1.29, 1.82) is 0 Å². The number of benzene rings is 2. The molecule has 1 aliphatic heterocycles. The fraction of sp³-hybridized carbons (Fsp3) is 0.0500. The van der Waals surface area contributed by atoms with E-state index >= 15 is 0 Å². The molecule has 1 aliphatic rings. The summed E-state index contributed by atoms with van der Waals surface area (Å²) in [5.41, 5.74) is 3.31. The molecular weight excluding hydrogens is 304 g/mol. The maximum Gasteiger partial charge on any atom is 0.196 e. The molecule has 2 nitrogen and oxygen atoms in total. The van der Waals surface area contributed by atoms with Gasteiger partial charge in [-0.25, -0.2) is 0 Å². The summed E-state index contributed by atoms with van der Waals surface area (Å²) < 4.78 is 6.16. The minimum atomic E-state index is -0.376. The monoisotopic (exact) mass is 318 g/mol. The molecule has 0 bridgehead atoms. The molecule has 0 spiro atoms. The van der Waals surface area contributed by atoms with Crippen LogP contribution in [0, 0.1) is 0 Å². The van der Waals surface area contributed by atoms with Gasteiger partial charge in [-0.15, -0.1) is 0 Å². The van der Waals surface area contributed by atoms with Gasteiger partial charge in [0, 0.05) is 5.57 Å². The highest BCUT2D eigenvalue weighted by Gasteiger charge is 2.32. The van der Waals surface area contributed by atoms with Crippen molar-refractivity contribution < 1.29 is 9.53 Å². The third kappa shape index (κ3) is 2.60. The lowest BCUT2D eigenvalue weighted by molar-refractivity contribution is 0.0963. The van der Waals surface area contributed by atoms with Crippen LogP contribution in [0.5, 0.6) is 5.75 Å². The minimum absolute atomic E-state index is 0.0342. The maximum absolute atomic E-state index is 13.0. The van der Waals surface area contributed by atoms with Crippen LogP contribution in [0.25, 0.3) is 6.08 Å². The zero-order valence-electron chi connectivity index (χ0n) is 12.3. The maximum atomic E-state index is 13.0. The van der Waals surface area contributed by atoms with E-state index < -0.39 is 0 Å². The molecule has 0 amide bonds. The first kappa shape index (κ1) is 14.0. The SMILES string of the molecule is O=C1C(=Cc2ccsc2)C(c2ccccc2)Oc2ccccc21. The Morgan fingerprint density at radius 3 is 2.52 bits per heavy atom. The molecule has 0 saturated carbocycles. The highest BCUT2D eigenvalue weighted by atomic mass is 32.1. The molecule has 0 saturated heterocycles. The summed E-state index contributed by atoms with van der Waals surface area (Å²) in [5, 5.41) is 4.04. The highest BCUT2D eigenvalue weighted by Crippen LogP contribution is 2.39. The van der Waals surface area contributed by atoms with Gasteiger partial charge in [-0.2, -0.15) is 11.3 Å². The number of ketones is 1. The van der Waals surface area contributed by atoms with E-state index in [-0.39, 0.29) is 11.9 Å². The molecule has 0 N–H and O–H groups in total. The molecule has 3 heteroatoms. The molecule has 1 unspecified atom stereocenters. The van der Waals surface area contributed by atoms with Gasteiger partial charge in [0.1, 0.15) is 5.75 Å². The van der Waals surface area contributed by atoms with E-state index in [4.69, 9.17) is 4.74 Å². The fourth-order valence-electron chi connectivity index (χ4n) is 2.78. The number of fused-ring (bicyclic) bond motifs is 1. The zero-order chi connectivity index (χ0) is 15.6. The number of para-hydroxylation sites is 1. The van der Waals surface area contributed by atoms with E-state index in [0.29, 0.717) is 16.9 Å². The van der Waals surface area contributed by atoms with E-state index in [1.807, 2.05) is 77.5 Å². The number of rotatable bonds is 2. The Hall–Kier alpha value is -2.65. The van der Waals surface area contributed by atoms with Gasteiger partial charge in [-0.3, -0.25) is 4.79 Å². The first-order valence-corrected chi connectivity index (χ1v) is 8.36. The Balaban J connectivity index is 1.87. The van der Waals surface area contributed by atoms with Crippen LogP contribution in [-0.2, 0) is 0 Å². The number of hydrogen-bond donors (Lipinski definition) is 0. The van der Waals surface area contributed by atoms with Crippen molar-refractivity contribution in [2.45, 2.75) is 6.10 Å². The molecule has 0 radical (unpaired) electrons. The second-order valence-electron chi connectivity index (χ2n) is 5.39. The van der Waals surface area contributed by atoms with Gasteiger partial charge in [0.25, 0.3) is 0 Å². The normalized spacial score (nSPS) is 18.5. The predicted molar refractivity (Wildman–Crippen MR) is 92.9 cm³/mol. The molecule has 4 rings (SSSR count). The van der Waals surface area contributed by atoms with Crippen LogP contribution in [0.4, 0.5) is 0 Å². The number of carbonyl (C=O) groups excluding carboxylic acids is 1. The standard InChI is InChI=1S/C20H14O2S/c21-19-16-8-4-5-9-18(16)22-20(15-6-2-1-3-7-15)17(19)12-14-10-11-23-13-14/h1-13,20H. The average molecular weight is 318 g/mol. The van der Waals surface area contributed by atoms with Gasteiger partial charge in [0.15, 0.2) is 11.9 Å². The number of ether oxygens (including phenoxy) is 1. The summed E-state index contributed by atoms with van der Waals surface area (Å²) in [5.74, 6) is 0.681. The minimum Gasteiger partial charge on any atom is -0.480 e. The van der Waals surface area contributed by atoms with E-state index in [0.717, 1.165) is 11.1 Å². The van der Waals surface area contributed by atoms with Crippen LogP contribution in [-0.4, -0.2) is 5.78 Å². The molecule has 0 aliphatic carbocycles. The Morgan fingerprint density at radius 2 is 1.74 bits per heavy atom. The summed E-state index contributed by atoms with van der Waals surface area (Å²) >= 11 is 1.62. The molecule has 1 aromatic heterocycles. The summed E-state index contributed by atoms with van der Waals surface area (Å²) in [7, 11) is 0.